The summed E-state index contributed by atoms with van der Waals surface area (Å²) >= 11 is 0. The zero-order valence-corrected chi connectivity index (χ0v) is 17.7. The fourth-order valence-electron chi connectivity index (χ4n) is 3.51. The van der Waals surface area contributed by atoms with Crippen LogP contribution in [0.4, 0.5) is 10.1 Å². The highest BCUT2D eigenvalue weighted by Crippen LogP contribution is 2.31. The molecule has 7 nitrogen and oxygen atoms in total. The molecule has 2 aromatic rings. The predicted molar refractivity (Wildman–Crippen MR) is 112 cm³/mol. The first kappa shape index (κ1) is 21.9. The van der Waals surface area contributed by atoms with Gasteiger partial charge in [0, 0.05) is 18.8 Å². The SMILES string of the molecule is CCS(=O)(=O)N1CC(=O)N(c2ccc(F)cc2)[C@](C)(C(=O)NCc2ccccc2)C1. The Balaban J connectivity index is 1.96. The van der Waals surface area contributed by atoms with E-state index in [9.17, 15) is 22.4 Å². The molecule has 1 saturated heterocycles. The van der Waals surface area contributed by atoms with E-state index in [1.165, 1.54) is 43.0 Å². The van der Waals surface area contributed by atoms with E-state index in [-0.39, 0.29) is 25.4 Å². The van der Waals surface area contributed by atoms with Gasteiger partial charge in [0.05, 0.1) is 12.3 Å². The molecule has 0 bridgehead atoms. The van der Waals surface area contributed by atoms with E-state index in [0.29, 0.717) is 5.69 Å². The van der Waals surface area contributed by atoms with Crippen molar-refractivity contribution in [3.05, 3.63) is 66.0 Å². The first-order chi connectivity index (χ1) is 14.2. The van der Waals surface area contributed by atoms with Crippen molar-refractivity contribution in [3.8, 4) is 0 Å². The number of anilines is 1. The first-order valence-electron chi connectivity index (χ1n) is 9.56. The van der Waals surface area contributed by atoms with E-state index in [2.05, 4.69) is 5.32 Å². The van der Waals surface area contributed by atoms with Gasteiger partial charge < -0.3 is 5.32 Å². The fraction of sp³-hybridized carbons (Fsp3) is 0.333. The smallest absolute Gasteiger partial charge is 0.247 e. The Bertz CT molecular complexity index is 1030. The summed E-state index contributed by atoms with van der Waals surface area (Å²) < 4.78 is 39.3. The minimum Gasteiger partial charge on any atom is -0.350 e. The van der Waals surface area contributed by atoms with Crippen LogP contribution in [0, 0.1) is 5.82 Å². The second kappa shape index (κ2) is 8.53. The fourth-order valence-corrected chi connectivity index (χ4v) is 4.63. The highest BCUT2D eigenvalue weighted by molar-refractivity contribution is 7.89. The lowest BCUT2D eigenvalue weighted by atomic mass is 9.94. The number of carbonyl (C=O) groups excluding carboxylic acids is 2. The molecule has 1 atom stereocenters. The number of halogens is 1. The van der Waals surface area contributed by atoms with Crippen LogP contribution < -0.4 is 10.2 Å². The molecule has 2 aromatic carbocycles. The van der Waals surface area contributed by atoms with E-state index in [1.54, 1.807) is 0 Å². The molecule has 0 aliphatic carbocycles. The molecule has 1 heterocycles. The Hall–Kier alpha value is -2.78. The Labute approximate surface area is 175 Å². The molecule has 1 N–H and O–H groups in total. The minimum absolute atomic E-state index is 0.182. The summed E-state index contributed by atoms with van der Waals surface area (Å²) in [5, 5.41) is 2.80. The van der Waals surface area contributed by atoms with Gasteiger partial charge in [0.2, 0.25) is 21.8 Å². The van der Waals surface area contributed by atoms with Crippen molar-refractivity contribution in [3.63, 3.8) is 0 Å². The number of rotatable bonds is 6. The second-order valence-electron chi connectivity index (χ2n) is 7.32. The van der Waals surface area contributed by atoms with Gasteiger partial charge in [-0.2, -0.15) is 4.31 Å². The Morgan fingerprint density at radius 3 is 2.37 bits per heavy atom. The Morgan fingerprint density at radius 2 is 1.77 bits per heavy atom. The summed E-state index contributed by atoms with van der Waals surface area (Å²) in [5.74, 6) is -1.71. The number of hydrogen-bond acceptors (Lipinski definition) is 4. The van der Waals surface area contributed by atoms with Crippen molar-refractivity contribution in [2.75, 3.05) is 23.7 Å². The van der Waals surface area contributed by atoms with Crippen LogP contribution in [0.2, 0.25) is 0 Å². The molecule has 1 aliphatic rings. The molecule has 1 aliphatic heterocycles. The molecule has 9 heteroatoms. The third-order valence-corrected chi connectivity index (χ3v) is 6.94. The number of benzene rings is 2. The quantitative estimate of drug-likeness (QED) is 0.754. The largest absolute Gasteiger partial charge is 0.350 e. The van der Waals surface area contributed by atoms with Crippen LogP contribution in [-0.2, 0) is 26.2 Å². The van der Waals surface area contributed by atoms with Crippen molar-refractivity contribution >= 4 is 27.5 Å². The standard InChI is InChI=1S/C21H24FN3O4S/c1-3-30(28,29)24-14-19(26)25(18-11-9-17(22)10-12-18)21(2,15-24)20(27)23-13-16-7-5-4-6-8-16/h4-12H,3,13-15H2,1-2H3,(H,23,27)/t21-/m0/s1. The van der Waals surface area contributed by atoms with Crippen molar-refractivity contribution in [1.29, 1.82) is 0 Å². The van der Waals surface area contributed by atoms with Gasteiger partial charge in [0.25, 0.3) is 0 Å². The lowest BCUT2D eigenvalue weighted by Gasteiger charge is -2.46. The monoisotopic (exact) mass is 433 g/mol. The normalized spacial score (nSPS) is 20.2. The second-order valence-corrected chi connectivity index (χ2v) is 9.57. The summed E-state index contributed by atoms with van der Waals surface area (Å²) in [5.41, 5.74) is -0.320. The zero-order chi connectivity index (χ0) is 21.9. The first-order valence-corrected chi connectivity index (χ1v) is 11.2. The van der Waals surface area contributed by atoms with Gasteiger partial charge in [0.1, 0.15) is 11.4 Å². The molecule has 1 fully saturated rings. The number of hydrogen-bond donors (Lipinski definition) is 1. The maximum Gasteiger partial charge on any atom is 0.247 e. The topological polar surface area (TPSA) is 86.8 Å². The maximum absolute atomic E-state index is 13.4. The average Bonchev–Trinajstić information content (AvgIpc) is 2.73. The van der Waals surface area contributed by atoms with E-state index in [0.717, 1.165) is 9.87 Å². The molecule has 0 saturated carbocycles. The van der Waals surface area contributed by atoms with Crippen LogP contribution in [0.3, 0.4) is 0 Å². The highest BCUT2D eigenvalue weighted by atomic mass is 32.2. The molecular formula is C21H24FN3O4S. The van der Waals surface area contributed by atoms with Crippen molar-refractivity contribution in [2.45, 2.75) is 25.9 Å². The molecule has 160 valence electrons. The average molecular weight is 434 g/mol. The lowest BCUT2D eigenvalue weighted by molar-refractivity contribution is -0.133. The third-order valence-electron chi connectivity index (χ3n) is 5.17. The molecule has 0 spiro atoms. The summed E-state index contributed by atoms with van der Waals surface area (Å²) in [6, 6.07) is 14.4. The molecular weight excluding hydrogens is 409 g/mol. The third kappa shape index (κ3) is 4.36. The van der Waals surface area contributed by atoms with Crippen LogP contribution in [-0.4, -0.2) is 48.9 Å². The molecule has 2 amide bonds. The van der Waals surface area contributed by atoms with Gasteiger partial charge in [-0.3, -0.25) is 14.5 Å². The van der Waals surface area contributed by atoms with E-state index < -0.39 is 33.2 Å². The summed E-state index contributed by atoms with van der Waals surface area (Å²) in [7, 11) is -3.69. The Morgan fingerprint density at radius 1 is 1.13 bits per heavy atom. The van der Waals surface area contributed by atoms with Crippen LogP contribution in [0.15, 0.2) is 54.6 Å². The number of piperazine rings is 1. The van der Waals surface area contributed by atoms with Crippen molar-refractivity contribution < 1.29 is 22.4 Å². The van der Waals surface area contributed by atoms with Gasteiger partial charge in [-0.15, -0.1) is 0 Å². The van der Waals surface area contributed by atoms with E-state index in [4.69, 9.17) is 0 Å². The molecule has 3 rings (SSSR count). The van der Waals surface area contributed by atoms with Gasteiger partial charge in [-0.05, 0) is 43.7 Å². The van der Waals surface area contributed by atoms with E-state index >= 15 is 0 Å². The number of carbonyl (C=O) groups is 2. The molecule has 0 radical (unpaired) electrons. The van der Waals surface area contributed by atoms with Crippen LogP contribution in [0.5, 0.6) is 0 Å². The highest BCUT2D eigenvalue weighted by Gasteiger charge is 2.50. The lowest BCUT2D eigenvalue weighted by Crippen LogP contribution is -2.70. The molecule has 0 aromatic heterocycles. The van der Waals surface area contributed by atoms with Gasteiger partial charge in [-0.1, -0.05) is 30.3 Å². The summed E-state index contributed by atoms with van der Waals surface area (Å²) in [6.07, 6.45) is 0. The zero-order valence-electron chi connectivity index (χ0n) is 16.8. The molecule has 30 heavy (non-hydrogen) atoms. The van der Waals surface area contributed by atoms with Crippen molar-refractivity contribution in [2.24, 2.45) is 0 Å². The predicted octanol–water partition coefficient (Wildman–Crippen LogP) is 1.90. The number of sulfonamides is 1. The number of amides is 2. The molecule has 0 unspecified atom stereocenters. The van der Waals surface area contributed by atoms with Gasteiger partial charge in [0.15, 0.2) is 0 Å². The van der Waals surface area contributed by atoms with E-state index in [1.807, 2.05) is 30.3 Å². The number of nitrogens with zero attached hydrogens (tertiary/aromatic N) is 2. The summed E-state index contributed by atoms with van der Waals surface area (Å²) in [4.78, 5) is 27.5. The van der Waals surface area contributed by atoms with Crippen LogP contribution in [0.1, 0.15) is 19.4 Å². The van der Waals surface area contributed by atoms with Gasteiger partial charge >= 0.3 is 0 Å². The summed E-state index contributed by atoms with van der Waals surface area (Å²) in [6.45, 7) is 2.65. The van der Waals surface area contributed by atoms with Crippen molar-refractivity contribution in [1.82, 2.24) is 9.62 Å². The minimum atomic E-state index is -3.69. The number of nitrogens with one attached hydrogen (secondary N) is 1. The van der Waals surface area contributed by atoms with Crippen LogP contribution in [0.25, 0.3) is 0 Å². The Kier molecular flexibility index (Phi) is 6.23. The van der Waals surface area contributed by atoms with Crippen LogP contribution >= 0.6 is 0 Å². The van der Waals surface area contributed by atoms with Gasteiger partial charge in [-0.25, -0.2) is 12.8 Å². The maximum atomic E-state index is 13.4.